The van der Waals surface area contributed by atoms with E-state index in [4.69, 9.17) is 10.8 Å². The van der Waals surface area contributed by atoms with Crippen LogP contribution in [0.25, 0.3) is 22.4 Å². The number of fused-ring (bicyclic) bond motifs is 1. The minimum absolute atomic E-state index is 0.153. The van der Waals surface area contributed by atoms with Gasteiger partial charge in [-0.15, -0.1) is 10.2 Å². The van der Waals surface area contributed by atoms with Crippen LogP contribution in [0, 0.1) is 6.92 Å². The Morgan fingerprint density at radius 1 is 0.816 bits per heavy atom. The topological polar surface area (TPSA) is 146 Å². The summed E-state index contributed by atoms with van der Waals surface area (Å²) in [7, 11) is 0. The van der Waals surface area contributed by atoms with E-state index in [1.54, 1.807) is 12.1 Å². The smallest absolute Gasteiger partial charge is 0.249 e. The lowest BCUT2D eigenvalue weighted by molar-refractivity contribution is -0.134. The van der Waals surface area contributed by atoms with Gasteiger partial charge in [0.15, 0.2) is 5.82 Å². The van der Waals surface area contributed by atoms with Gasteiger partial charge in [0.05, 0.1) is 17.4 Å². The van der Waals surface area contributed by atoms with Crippen molar-refractivity contribution >= 4 is 29.0 Å². The second-order valence-electron chi connectivity index (χ2n) is 13.8. The molecule has 4 aromatic rings. The molecule has 4 N–H and O–H groups in total. The lowest BCUT2D eigenvalue weighted by Gasteiger charge is -2.43. The van der Waals surface area contributed by atoms with Crippen LogP contribution in [0.3, 0.4) is 0 Å². The molecule has 0 bridgehead atoms. The maximum absolute atomic E-state index is 12.6. The van der Waals surface area contributed by atoms with Gasteiger partial charge in [-0.05, 0) is 75.8 Å². The van der Waals surface area contributed by atoms with Crippen LogP contribution in [0.5, 0.6) is 5.75 Å². The number of carbonyl (C=O) groups is 2. The van der Waals surface area contributed by atoms with Crippen LogP contribution < -0.4 is 20.9 Å². The number of nitrogens with zero attached hydrogens (tertiary/aromatic N) is 7. The first-order valence-corrected chi connectivity index (χ1v) is 17.5. The minimum Gasteiger partial charge on any atom is -0.507 e. The normalized spacial score (nSPS) is 23.1. The maximum atomic E-state index is 12.6. The number of amides is 2. The Bertz CT molecular complexity index is 1890. The fourth-order valence-corrected chi connectivity index (χ4v) is 8.43. The SMILES string of the molecule is Cc1nn([C@H]2CC[C@H](N3CCN(c4cccc5c4CCN5[C@@H]4CCC(=O)NC4=O)CC3)CC2)cc1-c1cc(-c2ccccc2O)nnc1N. The molecule has 254 valence electrons. The predicted molar refractivity (Wildman–Crippen MR) is 188 cm³/mol. The fourth-order valence-electron chi connectivity index (χ4n) is 8.43. The summed E-state index contributed by atoms with van der Waals surface area (Å²) in [5.41, 5.74) is 13.9. The lowest BCUT2D eigenvalue weighted by Crippen LogP contribution is -2.52. The molecule has 5 heterocycles. The highest BCUT2D eigenvalue weighted by molar-refractivity contribution is 6.02. The zero-order valence-electron chi connectivity index (χ0n) is 27.9. The van der Waals surface area contributed by atoms with Crippen molar-refractivity contribution in [2.45, 2.75) is 70.0 Å². The number of nitrogens with two attached hydrogens (primary N) is 1. The van der Waals surface area contributed by atoms with Gasteiger partial charge in [-0.25, -0.2) is 0 Å². The third-order valence-corrected chi connectivity index (χ3v) is 11.0. The van der Waals surface area contributed by atoms with E-state index in [0.29, 0.717) is 42.0 Å². The first-order chi connectivity index (χ1) is 23.8. The molecule has 12 nitrogen and oxygen atoms in total. The number of carbonyl (C=O) groups excluding carboxylic acids is 2. The highest BCUT2D eigenvalue weighted by Gasteiger charge is 2.37. The third-order valence-electron chi connectivity index (χ3n) is 11.0. The van der Waals surface area contributed by atoms with Crippen LogP contribution in [-0.4, -0.2) is 86.6 Å². The number of phenolic OH excluding ortho intramolecular Hbond substituents is 1. The number of aryl methyl sites for hydroxylation is 1. The summed E-state index contributed by atoms with van der Waals surface area (Å²) in [4.78, 5) is 31.7. The fraction of sp³-hybridized carbons (Fsp3) is 0.432. The standard InChI is InChI=1S/C37H43N9O3/c1-23-29(28-21-30(40-41-36(28)38)26-5-2-3-8-34(26)47)22-46(42-23)25-11-9-24(10-12-25)43-17-19-44(20-18-43)31-6-4-7-32-27(31)15-16-45(32)33-13-14-35(48)39-37(33)49/h2-8,21-22,24-25,33,47H,9-20H2,1H3,(H2,38,41)(H,39,48,49)/t24-,25-,33-/m1/s1. The summed E-state index contributed by atoms with van der Waals surface area (Å²) in [6, 6.07) is 16.1. The zero-order chi connectivity index (χ0) is 33.6. The van der Waals surface area contributed by atoms with E-state index >= 15 is 0 Å². The summed E-state index contributed by atoms with van der Waals surface area (Å²) >= 11 is 0. The second-order valence-corrected chi connectivity index (χ2v) is 13.8. The molecule has 2 saturated heterocycles. The average Bonchev–Trinajstić information content (AvgIpc) is 3.73. The van der Waals surface area contributed by atoms with Gasteiger partial charge < -0.3 is 20.6 Å². The van der Waals surface area contributed by atoms with E-state index < -0.39 is 0 Å². The van der Waals surface area contributed by atoms with Crippen LogP contribution in [0.2, 0.25) is 0 Å². The molecule has 0 radical (unpaired) electrons. The number of rotatable bonds is 6. The molecule has 2 aromatic carbocycles. The van der Waals surface area contributed by atoms with E-state index in [2.05, 4.69) is 59.3 Å². The average molecular weight is 662 g/mol. The molecular formula is C37H43N9O3. The molecule has 3 aliphatic heterocycles. The number of benzene rings is 2. The molecular weight excluding hydrogens is 618 g/mol. The van der Waals surface area contributed by atoms with Crippen LogP contribution in [0.4, 0.5) is 17.2 Å². The van der Waals surface area contributed by atoms with Crippen LogP contribution >= 0.6 is 0 Å². The molecule has 49 heavy (non-hydrogen) atoms. The third kappa shape index (κ3) is 5.88. The zero-order valence-corrected chi connectivity index (χ0v) is 27.9. The van der Waals surface area contributed by atoms with Crippen LogP contribution in [0.15, 0.2) is 54.7 Å². The summed E-state index contributed by atoms with van der Waals surface area (Å²) < 4.78 is 2.12. The molecule has 4 aliphatic rings. The van der Waals surface area contributed by atoms with E-state index in [9.17, 15) is 14.7 Å². The van der Waals surface area contributed by atoms with Crippen molar-refractivity contribution in [3.05, 3.63) is 66.0 Å². The number of aromatic hydroxyl groups is 1. The Kier molecular flexibility index (Phi) is 8.18. The predicted octanol–water partition coefficient (Wildman–Crippen LogP) is 4.08. The molecule has 2 amide bonds. The van der Waals surface area contributed by atoms with E-state index in [0.717, 1.165) is 87.3 Å². The van der Waals surface area contributed by atoms with Crippen molar-refractivity contribution < 1.29 is 14.7 Å². The Morgan fingerprint density at radius 3 is 2.35 bits per heavy atom. The first kappa shape index (κ1) is 31.3. The van der Waals surface area contributed by atoms with E-state index in [1.165, 1.54) is 11.3 Å². The van der Waals surface area contributed by atoms with Gasteiger partial charge in [0.25, 0.3) is 0 Å². The van der Waals surface area contributed by atoms with Gasteiger partial charge in [0.2, 0.25) is 11.8 Å². The Labute approximate surface area is 285 Å². The second kappa shape index (κ2) is 12.8. The highest BCUT2D eigenvalue weighted by Crippen LogP contribution is 2.40. The molecule has 3 fully saturated rings. The van der Waals surface area contributed by atoms with Crippen LogP contribution in [0.1, 0.15) is 55.8 Å². The number of imide groups is 1. The summed E-state index contributed by atoms with van der Waals surface area (Å²) in [6.45, 7) is 6.86. The van der Waals surface area contributed by atoms with E-state index in [-0.39, 0.29) is 23.6 Å². The molecule has 1 atom stereocenters. The number of nitrogen functional groups attached to an aromatic ring is 1. The van der Waals surface area contributed by atoms with Gasteiger partial charge >= 0.3 is 0 Å². The van der Waals surface area contributed by atoms with Crippen molar-refractivity contribution in [1.82, 2.24) is 30.2 Å². The van der Waals surface area contributed by atoms with Crippen molar-refractivity contribution in [3.63, 3.8) is 0 Å². The Morgan fingerprint density at radius 2 is 1.57 bits per heavy atom. The maximum Gasteiger partial charge on any atom is 0.249 e. The Balaban J connectivity index is 0.891. The van der Waals surface area contributed by atoms with Crippen molar-refractivity contribution in [3.8, 4) is 28.1 Å². The number of nitrogens with one attached hydrogen (secondary N) is 1. The lowest BCUT2D eigenvalue weighted by atomic mass is 9.90. The van der Waals surface area contributed by atoms with Gasteiger partial charge in [-0.3, -0.25) is 24.5 Å². The molecule has 1 saturated carbocycles. The van der Waals surface area contributed by atoms with Gasteiger partial charge in [-0.1, -0.05) is 18.2 Å². The molecule has 2 aromatic heterocycles. The summed E-state index contributed by atoms with van der Waals surface area (Å²) in [6.07, 6.45) is 8.41. The Hall–Kier alpha value is -4.97. The number of piperazine rings is 1. The minimum atomic E-state index is -0.271. The van der Waals surface area contributed by atoms with Gasteiger partial charge in [0, 0.05) is 85.0 Å². The molecule has 12 heteroatoms. The number of phenols is 1. The van der Waals surface area contributed by atoms with Crippen molar-refractivity contribution in [1.29, 1.82) is 0 Å². The highest BCUT2D eigenvalue weighted by atomic mass is 16.3. The summed E-state index contributed by atoms with van der Waals surface area (Å²) in [5.74, 6) is 0.157. The molecule has 1 aliphatic carbocycles. The monoisotopic (exact) mass is 661 g/mol. The van der Waals surface area contributed by atoms with Crippen molar-refractivity contribution in [2.75, 3.05) is 48.3 Å². The number of anilines is 3. The molecule has 8 rings (SSSR count). The molecule has 0 unspecified atom stereocenters. The van der Waals surface area contributed by atoms with Crippen molar-refractivity contribution in [2.24, 2.45) is 0 Å². The van der Waals surface area contributed by atoms with Gasteiger partial charge in [0.1, 0.15) is 11.8 Å². The van der Waals surface area contributed by atoms with E-state index in [1.807, 2.05) is 25.1 Å². The largest absolute Gasteiger partial charge is 0.507 e. The number of hydrogen-bond acceptors (Lipinski definition) is 10. The number of hydrogen-bond donors (Lipinski definition) is 3. The number of aromatic nitrogens is 4. The quantitative estimate of drug-likeness (QED) is 0.259. The van der Waals surface area contributed by atoms with Gasteiger partial charge in [-0.2, -0.15) is 5.10 Å². The first-order valence-electron chi connectivity index (χ1n) is 17.5. The molecule has 0 spiro atoms. The number of para-hydroxylation sites is 1. The van der Waals surface area contributed by atoms with Crippen LogP contribution in [-0.2, 0) is 16.0 Å². The number of piperidine rings is 1. The summed E-state index contributed by atoms with van der Waals surface area (Å²) in [5, 5.41) is 26.3.